The van der Waals surface area contributed by atoms with Crippen LogP contribution in [0.5, 0.6) is 5.75 Å². The van der Waals surface area contributed by atoms with Crippen molar-refractivity contribution >= 4 is 35.3 Å². The van der Waals surface area contributed by atoms with Crippen molar-refractivity contribution in [3.8, 4) is 11.8 Å². The number of hydrogen-bond acceptors (Lipinski definition) is 5. The Morgan fingerprint density at radius 3 is 2.33 bits per heavy atom. The van der Waals surface area contributed by atoms with Crippen LogP contribution in [0.25, 0.3) is 6.08 Å². The van der Waals surface area contributed by atoms with Crippen LogP contribution in [-0.4, -0.2) is 24.2 Å². The van der Waals surface area contributed by atoms with Crippen LogP contribution in [0.2, 0.25) is 0 Å². The van der Waals surface area contributed by atoms with E-state index in [4.69, 9.17) is 10.00 Å². The Morgan fingerprint density at radius 1 is 1.00 bits per heavy atom. The molecule has 7 heteroatoms. The Morgan fingerprint density at radius 2 is 1.70 bits per heavy atom. The standard InChI is InChI=1S/C26H23N3O3S/c1-2-32-22-12-8-19(9-13-22)18-24(29-25(30)20-6-4-3-5-7-20)26(31)28-21-10-14-23(15-11-21)33-17-16-27/h3-15,18H,2,17H2,1H3,(H,28,31)(H,29,30)/b24-18-. The van der Waals surface area contributed by atoms with Crippen molar-refractivity contribution in [2.75, 3.05) is 17.7 Å². The number of benzene rings is 3. The molecule has 0 atom stereocenters. The first-order valence-electron chi connectivity index (χ1n) is 10.3. The van der Waals surface area contributed by atoms with Crippen molar-refractivity contribution in [1.82, 2.24) is 5.32 Å². The molecule has 0 aliphatic rings. The fourth-order valence-electron chi connectivity index (χ4n) is 2.88. The molecular formula is C26H23N3O3S. The van der Waals surface area contributed by atoms with Crippen LogP contribution in [0.3, 0.4) is 0 Å². The Kier molecular flexibility index (Phi) is 8.69. The van der Waals surface area contributed by atoms with E-state index in [1.165, 1.54) is 11.8 Å². The summed E-state index contributed by atoms with van der Waals surface area (Å²) in [5.41, 5.74) is 1.87. The number of rotatable bonds is 9. The number of anilines is 1. The summed E-state index contributed by atoms with van der Waals surface area (Å²) in [6.07, 6.45) is 1.61. The molecular weight excluding hydrogens is 434 g/mol. The molecule has 0 radical (unpaired) electrons. The number of nitrogens with zero attached hydrogens (tertiary/aromatic N) is 1. The average molecular weight is 458 g/mol. The minimum atomic E-state index is -0.453. The first-order valence-corrected chi connectivity index (χ1v) is 11.3. The number of thioether (sulfide) groups is 1. The third kappa shape index (κ3) is 7.27. The van der Waals surface area contributed by atoms with Crippen molar-refractivity contribution < 1.29 is 14.3 Å². The highest BCUT2D eigenvalue weighted by Crippen LogP contribution is 2.20. The number of nitrogens with one attached hydrogen (secondary N) is 2. The third-order valence-corrected chi connectivity index (χ3v) is 5.33. The molecule has 3 aromatic rings. The van der Waals surface area contributed by atoms with Gasteiger partial charge < -0.3 is 15.4 Å². The summed E-state index contributed by atoms with van der Waals surface area (Å²) in [7, 11) is 0. The van der Waals surface area contributed by atoms with Gasteiger partial charge in [0.1, 0.15) is 11.4 Å². The van der Waals surface area contributed by atoms with E-state index in [1.54, 1.807) is 42.5 Å². The molecule has 33 heavy (non-hydrogen) atoms. The van der Waals surface area contributed by atoms with Crippen LogP contribution in [-0.2, 0) is 4.79 Å². The number of ether oxygens (including phenoxy) is 1. The van der Waals surface area contributed by atoms with E-state index in [2.05, 4.69) is 16.7 Å². The highest BCUT2D eigenvalue weighted by Gasteiger charge is 2.15. The van der Waals surface area contributed by atoms with Gasteiger partial charge in [0.25, 0.3) is 11.8 Å². The summed E-state index contributed by atoms with van der Waals surface area (Å²) >= 11 is 1.41. The lowest BCUT2D eigenvalue weighted by atomic mass is 10.1. The van der Waals surface area contributed by atoms with Gasteiger partial charge in [-0.2, -0.15) is 5.26 Å². The summed E-state index contributed by atoms with van der Waals surface area (Å²) in [5, 5.41) is 14.2. The van der Waals surface area contributed by atoms with Gasteiger partial charge in [-0.1, -0.05) is 30.3 Å². The minimum Gasteiger partial charge on any atom is -0.494 e. The SMILES string of the molecule is CCOc1ccc(/C=C(\NC(=O)c2ccccc2)C(=O)Nc2ccc(SCC#N)cc2)cc1. The van der Waals surface area contributed by atoms with Crippen molar-refractivity contribution in [2.45, 2.75) is 11.8 Å². The van der Waals surface area contributed by atoms with Crippen LogP contribution in [0.15, 0.2) is 89.5 Å². The molecule has 0 saturated heterocycles. The number of amides is 2. The van der Waals surface area contributed by atoms with Gasteiger partial charge in [0, 0.05) is 16.1 Å². The third-order valence-electron chi connectivity index (χ3n) is 4.45. The fourth-order valence-corrected chi connectivity index (χ4v) is 3.44. The van der Waals surface area contributed by atoms with E-state index in [0.29, 0.717) is 23.6 Å². The molecule has 0 spiro atoms. The molecule has 166 valence electrons. The second kappa shape index (κ2) is 12.1. The molecule has 2 N–H and O–H groups in total. The van der Waals surface area contributed by atoms with Gasteiger partial charge in [-0.25, -0.2) is 0 Å². The Labute approximate surface area is 197 Å². The van der Waals surface area contributed by atoms with E-state index in [-0.39, 0.29) is 11.6 Å². The quantitative estimate of drug-likeness (QED) is 0.344. The molecule has 0 unspecified atom stereocenters. The second-order valence-electron chi connectivity index (χ2n) is 6.81. The summed E-state index contributed by atoms with van der Waals surface area (Å²) in [6, 6.07) is 25.2. The highest BCUT2D eigenvalue weighted by atomic mass is 32.2. The molecule has 6 nitrogen and oxygen atoms in total. The molecule has 0 aliphatic heterocycles. The van der Waals surface area contributed by atoms with Crippen LogP contribution in [0.4, 0.5) is 5.69 Å². The largest absolute Gasteiger partial charge is 0.494 e. The topological polar surface area (TPSA) is 91.2 Å². The monoisotopic (exact) mass is 457 g/mol. The van der Waals surface area contributed by atoms with Crippen LogP contribution in [0, 0.1) is 11.3 Å². The molecule has 3 aromatic carbocycles. The zero-order chi connectivity index (χ0) is 23.5. The maximum atomic E-state index is 13.0. The zero-order valence-electron chi connectivity index (χ0n) is 18.1. The molecule has 0 fully saturated rings. The predicted octanol–water partition coefficient (Wildman–Crippen LogP) is 5.11. The lowest BCUT2D eigenvalue weighted by Crippen LogP contribution is -2.30. The van der Waals surface area contributed by atoms with Crippen molar-refractivity contribution in [2.24, 2.45) is 0 Å². The Hall–Kier alpha value is -4.02. The zero-order valence-corrected chi connectivity index (χ0v) is 18.9. The lowest BCUT2D eigenvalue weighted by molar-refractivity contribution is -0.113. The number of carbonyl (C=O) groups is 2. The normalized spacial score (nSPS) is 10.7. The van der Waals surface area contributed by atoms with E-state index in [0.717, 1.165) is 16.2 Å². The first kappa shape index (κ1) is 23.6. The van der Waals surface area contributed by atoms with Crippen molar-refractivity contribution in [3.63, 3.8) is 0 Å². The number of carbonyl (C=O) groups excluding carboxylic acids is 2. The molecule has 0 saturated carbocycles. The summed E-state index contributed by atoms with van der Waals surface area (Å²) < 4.78 is 5.46. The van der Waals surface area contributed by atoms with E-state index < -0.39 is 5.91 Å². The molecule has 0 aromatic heterocycles. The maximum absolute atomic E-state index is 13.0. The molecule has 3 rings (SSSR count). The van der Waals surface area contributed by atoms with Gasteiger partial charge >= 0.3 is 0 Å². The molecule has 2 amide bonds. The van der Waals surface area contributed by atoms with Gasteiger partial charge in [0.05, 0.1) is 18.4 Å². The molecule has 0 aliphatic carbocycles. The molecule has 0 bridgehead atoms. The summed E-state index contributed by atoms with van der Waals surface area (Å²) in [4.78, 5) is 26.7. The smallest absolute Gasteiger partial charge is 0.272 e. The van der Waals surface area contributed by atoms with Crippen molar-refractivity contribution in [3.05, 3.63) is 95.7 Å². The Bertz CT molecular complexity index is 1150. The molecule has 0 heterocycles. The summed E-state index contributed by atoms with van der Waals surface area (Å²) in [5.74, 6) is 0.242. The van der Waals surface area contributed by atoms with Gasteiger partial charge in [-0.3, -0.25) is 9.59 Å². The fraction of sp³-hybridized carbons (Fsp3) is 0.115. The number of nitriles is 1. The van der Waals surface area contributed by atoms with Gasteiger partial charge in [0.15, 0.2) is 0 Å². The van der Waals surface area contributed by atoms with Gasteiger partial charge in [-0.15, -0.1) is 11.8 Å². The predicted molar refractivity (Wildman–Crippen MR) is 131 cm³/mol. The van der Waals surface area contributed by atoms with Crippen LogP contribution in [0.1, 0.15) is 22.8 Å². The maximum Gasteiger partial charge on any atom is 0.272 e. The second-order valence-corrected chi connectivity index (χ2v) is 7.85. The van der Waals surface area contributed by atoms with E-state index in [1.807, 2.05) is 49.4 Å². The van der Waals surface area contributed by atoms with E-state index in [9.17, 15) is 9.59 Å². The van der Waals surface area contributed by atoms with Crippen LogP contribution < -0.4 is 15.4 Å². The first-order chi connectivity index (χ1) is 16.1. The summed E-state index contributed by atoms with van der Waals surface area (Å²) in [6.45, 7) is 2.47. The van der Waals surface area contributed by atoms with E-state index >= 15 is 0 Å². The van der Waals surface area contributed by atoms with Crippen molar-refractivity contribution in [1.29, 1.82) is 5.26 Å². The Balaban J connectivity index is 1.81. The van der Waals surface area contributed by atoms with Crippen LogP contribution >= 0.6 is 11.8 Å². The van der Waals surface area contributed by atoms with Gasteiger partial charge in [-0.05, 0) is 67.1 Å². The lowest BCUT2D eigenvalue weighted by Gasteiger charge is -2.12. The highest BCUT2D eigenvalue weighted by molar-refractivity contribution is 7.99. The number of hydrogen-bond donors (Lipinski definition) is 2. The van der Waals surface area contributed by atoms with Gasteiger partial charge in [0.2, 0.25) is 0 Å². The minimum absolute atomic E-state index is 0.107. The average Bonchev–Trinajstić information content (AvgIpc) is 2.85.